The van der Waals surface area contributed by atoms with Crippen LogP contribution in [0.25, 0.3) is 0 Å². The van der Waals surface area contributed by atoms with Crippen molar-refractivity contribution in [1.29, 1.82) is 0 Å². The largest absolute Gasteiger partial charge is 0.461 e. The van der Waals surface area contributed by atoms with Crippen molar-refractivity contribution in [2.75, 3.05) is 33.0 Å². The summed E-state index contributed by atoms with van der Waals surface area (Å²) in [6.45, 7) is 4.11. The highest BCUT2D eigenvalue weighted by molar-refractivity contribution is 5.69. The monoisotopic (exact) mass is 425 g/mol. The Morgan fingerprint density at radius 1 is 1.03 bits per heavy atom. The number of ether oxygens (including phenoxy) is 2. The highest BCUT2D eigenvalue weighted by Gasteiger charge is 2.15. The predicted octanol–water partition coefficient (Wildman–Crippen LogP) is 2.47. The van der Waals surface area contributed by atoms with Crippen molar-refractivity contribution in [3.63, 3.8) is 0 Å². The van der Waals surface area contributed by atoms with Gasteiger partial charge in [0.15, 0.2) is 0 Å². The Kier molecular flexibility index (Phi) is 15.2. The normalized spacial score (nSPS) is 13.4. The van der Waals surface area contributed by atoms with Crippen molar-refractivity contribution in [2.24, 2.45) is 0 Å². The summed E-state index contributed by atoms with van der Waals surface area (Å²) >= 11 is 0. The Labute approximate surface area is 180 Å². The molecule has 1 rings (SSSR count). The summed E-state index contributed by atoms with van der Waals surface area (Å²) < 4.78 is 10.1. The average Bonchev–Trinajstić information content (AvgIpc) is 2.75. The Bertz CT molecular complexity index is 542. The second-order valence-corrected chi connectivity index (χ2v) is 7.63. The van der Waals surface area contributed by atoms with Gasteiger partial charge in [-0.1, -0.05) is 56.5 Å². The third-order valence-electron chi connectivity index (χ3n) is 4.93. The number of rotatable bonds is 18. The van der Waals surface area contributed by atoms with Crippen LogP contribution in [0, 0.1) is 0 Å². The molecule has 1 aromatic rings. The van der Waals surface area contributed by atoms with E-state index < -0.39 is 19.0 Å². The zero-order chi connectivity index (χ0) is 22.0. The molecule has 0 aromatic heterocycles. The van der Waals surface area contributed by atoms with Gasteiger partial charge in [0.1, 0.15) is 13.4 Å². The summed E-state index contributed by atoms with van der Waals surface area (Å²) in [4.78, 5) is 14.3. The standard InChI is InChI=1S/C23H39NO6/c1-2-3-4-8-13-24(14-11-21(26)16-22(27)18-29-19-25)15-12-23(28)30-17-20-9-6-5-7-10-20/h5-7,9-10,21-22,25-27H,2-4,8,11-19H2,1H3/t21-,22+/m1/s1. The summed E-state index contributed by atoms with van der Waals surface area (Å²) in [6.07, 6.45) is 4.09. The van der Waals surface area contributed by atoms with Crippen LogP contribution < -0.4 is 0 Å². The van der Waals surface area contributed by atoms with Crippen LogP contribution in [0.3, 0.4) is 0 Å². The highest BCUT2D eigenvalue weighted by Crippen LogP contribution is 2.09. The molecule has 0 radical (unpaired) electrons. The van der Waals surface area contributed by atoms with Crippen molar-refractivity contribution >= 4 is 5.97 Å². The van der Waals surface area contributed by atoms with Gasteiger partial charge in [0.05, 0.1) is 25.2 Å². The molecule has 0 unspecified atom stereocenters. The van der Waals surface area contributed by atoms with Crippen molar-refractivity contribution in [1.82, 2.24) is 4.90 Å². The Balaban J connectivity index is 2.37. The molecule has 0 fully saturated rings. The van der Waals surface area contributed by atoms with E-state index in [4.69, 9.17) is 14.6 Å². The number of hydrogen-bond acceptors (Lipinski definition) is 7. The first-order valence-corrected chi connectivity index (χ1v) is 11.0. The molecule has 1 aromatic carbocycles. The van der Waals surface area contributed by atoms with E-state index >= 15 is 0 Å². The minimum Gasteiger partial charge on any atom is -0.461 e. The average molecular weight is 426 g/mol. The van der Waals surface area contributed by atoms with E-state index in [1.165, 1.54) is 12.8 Å². The molecular formula is C23H39NO6. The minimum absolute atomic E-state index is 0.00153. The quantitative estimate of drug-likeness (QED) is 0.189. The molecule has 0 aliphatic heterocycles. The molecule has 0 aliphatic rings. The highest BCUT2D eigenvalue weighted by atomic mass is 16.6. The van der Waals surface area contributed by atoms with Crippen LogP contribution in [-0.4, -0.2) is 71.4 Å². The van der Waals surface area contributed by atoms with Gasteiger partial charge in [-0.05, 0) is 24.9 Å². The van der Waals surface area contributed by atoms with Crippen molar-refractivity contribution in [2.45, 2.75) is 70.7 Å². The molecule has 3 N–H and O–H groups in total. The van der Waals surface area contributed by atoms with Crippen molar-refractivity contribution in [3.05, 3.63) is 35.9 Å². The van der Waals surface area contributed by atoms with Crippen LogP contribution in [0.15, 0.2) is 30.3 Å². The lowest BCUT2D eigenvalue weighted by Gasteiger charge is -2.24. The van der Waals surface area contributed by atoms with Crippen LogP contribution in [0.1, 0.15) is 57.4 Å². The molecule has 172 valence electrons. The van der Waals surface area contributed by atoms with Gasteiger partial charge in [0, 0.05) is 19.5 Å². The number of carbonyl (C=O) groups excluding carboxylic acids is 1. The van der Waals surface area contributed by atoms with Gasteiger partial charge in [-0.3, -0.25) is 4.79 Å². The number of benzene rings is 1. The number of aliphatic hydroxyl groups excluding tert-OH is 3. The molecular weight excluding hydrogens is 386 g/mol. The third-order valence-corrected chi connectivity index (χ3v) is 4.93. The van der Waals surface area contributed by atoms with Crippen LogP contribution in [0.4, 0.5) is 0 Å². The van der Waals surface area contributed by atoms with E-state index in [-0.39, 0.29) is 25.6 Å². The summed E-state index contributed by atoms with van der Waals surface area (Å²) in [7, 11) is 0. The third kappa shape index (κ3) is 13.7. The smallest absolute Gasteiger partial charge is 0.307 e. The Morgan fingerprint density at radius 3 is 2.50 bits per heavy atom. The van der Waals surface area contributed by atoms with E-state index in [0.717, 1.165) is 24.9 Å². The predicted molar refractivity (Wildman–Crippen MR) is 116 cm³/mol. The molecule has 0 saturated heterocycles. The molecule has 0 heterocycles. The Morgan fingerprint density at radius 2 is 1.80 bits per heavy atom. The maximum Gasteiger partial charge on any atom is 0.307 e. The fraction of sp³-hybridized carbons (Fsp3) is 0.696. The number of nitrogens with zero attached hydrogens (tertiary/aromatic N) is 1. The first-order valence-electron chi connectivity index (χ1n) is 11.0. The SMILES string of the molecule is CCCCCCN(CCC(=O)OCc1ccccc1)CC[C@@H](O)C[C@H](O)COCO. The zero-order valence-corrected chi connectivity index (χ0v) is 18.2. The lowest BCUT2D eigenvalue weighted by atomic mass is 10.1. The number of unbranched alkanes of at least 4 members (excludes halogenated alkanes) is 3. The second-order valence-electron chi connectivity index (χ2n) is 7.63. The molecule has 0 bridgehead atoms. The molecule has 0 amide bonds. The van der Waals surface area contributed by atoms with Crippen LogP contribution >= 0.6 is 0 Å². The lowest BCUT2D eigenvalue weighted by Crippen LogP contribution is -2.32. The second kappa shape index (κ2) is 17.2. The van der Waals surface area contributed by atoms with Crippen molar-refractivity contribution < 1.29 is 29.6 Å². The zero-order valence-electron chi connectivity index (χ0n) is 18.2. The molecule has 0 spiro atoms. The first kappa shape index (κ1) is 26.5. The van der Waals surface area contributed by atoms with Crippen LogP contribution in [0.5, 0.6) is 0 Å². The van der Waals surface area contributed by atoms with Crippen LogP contribution in [-0.2, 0) is 20.9 Å². The van der Waals surface area contributed by atoms with E-state index in [1.807, 2.05) is 30.3 Å². The van der Waals surface area contributed by atoms with Crippen LogP contribution in [0.2, 0.25) is 0 Å². The fourth-order valence-electron chi connectivity index (χ4n) is 3.18. The number of carbonyl (C=O) groups is 1. The van der Waals surface area contributed by atoms with Gasteiger partial charge < -0.3 is 29.7 Å². The van der Waals surface area contributed by atoms with Gasteiger partial charge in [0.25, 0.3) is 0 Å². The summed E-state index contributed by atoms with van der Waals surface area (Å²) in [6, 6.07) is 9.61. The van der Waals surface area contributed by atoms with Gasteiger partial charge in [-0.2, -0.15) is 0 Å². The number of hydrogen-bond donors (Lipinski definition) is 3. The topological polar surface area (TPSA) is 99.5 Å². The number of aliphatic hydroxyl groups is 3. The summed E-state index contributed by atoms with van der Waals surface area (Å²) in [5.74, 6) is -0.227. The van der Waals surface area contributed by atoms with Gasteiger partial charge >= 0.3 is 5.97 Å². The van der Waals surface area contributed by atoms with E-state index in [9.17, 15) is 15.0 Å². The molecule has 0 saturated carbocycles. The summed E-state index contributed by atoms with van der Waals surface area (Å²) in [5.41, 5.74) is 0.967. The van der Waals surface area contributed by atoms with Gasteiger partial charge in [-0.25, -0.2) is 0 Å². The molecule has 7 nitrogen and oxygen atoms in total. The molecule has 2 atom stereocenters. The Hall–Kier alpha value is -1.51. The first-order chi connectivity index (χ1) is 14.5. The molecule has 30 heavy (non-hydrogen) atoms. The van der Waals surface area contributed by atoms with Gasteiger partial charge in [0.2, 0.25) is 0 Å². The van der Waals surface area contributed by atoms with Gasteiger partial charge in [-0.15, -0.1) is 0 Å². The minimum atomic E-state index is -0.807. The van der Waals surface area contributed by atoms with Crippen molar-refractivity contribution in [3.8, 4) is 0 Å². The van der Waals surface area contributed by atoms with E-state index in [1.54, 1.807) is 0 Å². The molecule has 7 heteroatoms. The maximum atomic E-state index is 12.1. The maximum absolute atomic E-state index is 12.1. The summed E-state index contributed by atoms with van der Waals surface area (Å²) in [5, 5.41) is 28.6. The fourth-order valence-corrected chi connectivity index (χ4v) is 3.18. The lowest BCUT2D eigenvalue weighted by molar-refractivity contribution is -0.145. The molecule has 0 aliphatic carbocycles. The van der Waals surface area contributed by atoms with E-state index in [2.05, 4.69) is 11.8 Å². The van der Waals surface area contributed by atoms with E-state index in [0.29, 0.717) is 25.9 Å². The number of esters is 1.